The minimum atomic E-state index is -1.42. The first-order valence-electron chi connectivity index (χ1n) is 9.05. The van der Waals surface area contributed by atoms with Crippen molar-refractivity contribution in [1.29, 1.82) is 0 Å². The fourth-order valence-corrected chi connectivity index (χ4v) is 4.73. The number of piperidine rings is 1. The number of aromatic nitrogens is 1. The fourth-order valence-electron chi connectivity index (χ4n) is 4.73. The molecule has 2 unspecified atom stereocenters. The molecule has 0 bridgehead atoms. The van der Waals surface area contributed by atoms with Crippen LogP contribution in [0.5, 0.6) is 0 Å². The molecular formula is C21H22N2O4. The third kappa shape index (κ3) is 2.29. The van der Waals surface area contributed by atoms with Gasteiger partial charge in [-0.15, -0.1) is 0 Å². The fraction of sp³-hybridized carbons (Fsp3) is 0.381. The number of nitrogens with zero attached hydrogens (tertiary/aromatic N) is 1. The number of rotatable bonds is 1. The van der Waals surface area contributed by atoms with E-state index in [1.165, 1.54) is 7.11 Å². The van der Waals surface area contributed by atoms with E-state index < -0.39 is 17.3 Å². The maximum Gasteiger partial charge on any atom is 0.322 e. The second-order valence-electron chi connectivity index (χ2n) is 7.37. The Bertz CT molecular complexity index is 1000. The highest BCUT2D eigenvalue weighted by atomic mass is 16.5. The largest absolute Gasteiger partial charge is 0.468 e. The number of carbonyl (C=O) groups is 3. The van der Waals surface area contributed by atoms with Crippen molar-refractivity contribution in [2.45, 2.75) is 19.8 Å². The molecular weight excluding hydrogens is 344 g/mol. The van der Waals surface area contributed by atoms with Crippen molar-refractivity contribution in [3.05, 3.63) is 47.2 Å². The van der Waals surface area contributed by atoms with Crippen molar-refractivity contribution >= 4 is 28.6 Å². The molecule has 2 atom stereocenters. The number of ether oxygens (including phenoxy) is 1. The molecule has 1 aromatic heterocycles. The van der Waals surface area contributed by atoms with E-state index in [1.807, 2.05) is 37.3 Å². The number of benzene rings is 1. The number of para-hydroxylation sites is 1. The summed E-state index contributed by atoms with van der Waals surface area (Å²) >= 11 is 0. The van der Waals surface area contributed by atoms with Gasteiger partial charge in [-0.1, -0.05) is 24.3 Å². The lowest BCUT2D eigenvalue weighted by molar-refractivity contribution is -0.168. The summed E-state index contributed by atoms with van der Waals surface area (Å²) in [5.41, 5.74) is 1.56. The smallest absolute Gasteiger partial charge is 0.322 e. The van der Waals surface area contributed by atoms with Gasteiger partial charge in [-0.05, 0) is 24.1 Å². The Morgan fingerprint density at radius 2 is 2.07 bits per heavy atom. The predicted octanol–water partition coefficient (Wildman–Crippen LogP) is 2.49. The number of likely N-dealkylation sites (N-methyl/N-ethyl adjacent to an activating group) is 1. The lowest BCUT2D eigenvalue weighted by Crippen LogP contribution is -2.58. The number of hydrogen-bond donors (Lipinski definition) is 1. The van der Waals surface area contributed by atoms with Crippen molar-refractivity contribution in [3.63, 3.8) is 0 Å². The molecule has 1 aliphatic heterocycles. The van der Waals surface area contributed by atoms with Crippen molar-refractivity contribution in [1.82, 2.24) is 9.88 Å². The number of allylic oxidation sites excluding steroid dienone is 1. The van der Waals surface area contributed by atoms with Gasteiger partial charge in [0.05, 0.1) is 12.8 Å². The van der Waals surface area contributed by atoms with Crippen LogP contribution in [0, 0.1) is 11.3 Å². The molecule has 1 aromatic carbocycles. The van der Waals surface area contributed by atoms with Crippen LogP contribution in [0.4, 0.5) is 0 Å². The van der Waals surface area contributed by atoms with Gasteiger partial charge in [0.15, 0.2) is 11.2 Å². The summed E-state index contributed by atoms with van der Waals surface area (Å²) in [5, 5.41) is 0.868. The third-order valence-corrected chi connectivity index (χ3v) is 6.05. The van der Waals surface area contributed by atoms with Gasteiger partial charge >= 0.3 is 5.97 Å². The first kappa shape index (κ1) is 17.5. The number of aromatic amines is 1. The Kier molecular flexibility index (Phi) is 3.94. The normalized spacial score (nSPS) is 26.7. The number of likely N-dealkylation sites (tertiary alicyclic amines) is 1. The zero-order valence-electron chi connectivity index (χ0n) is 15.7. The second kappa shape index (κ2) is 6.08. The summed E-state index contributed by atoms with van der Waals surface area (Å²) < 4.78 is 5.12. The standard InChI is InChI=1S/C21H22N2O4/c1-4-12-11-23(2)19(25)21(20(26)27-3)10-14-13-7-5-6-8-16(13)22-18(14)17(24)9-15(12)21/h4-8,15,22H,9-11H2,1-3H3. The van der Waals surface area contributed by atoms with E-state index in [2.05, 4.69) is 4.98 Å². The Hall–Kier alpha value is -2.89. The topological polar surface area (TPSA) is 79.5 Å². The SMILES string of the molecule is CC=C1CN(C)C(=O)C2(C(=O)OC)Cc3c([nH]c4ccccc34)C(=O)CC12. The minimum absolute atomic E-state index is 0.0753. The quantitative estimate of drug-likeness (QED) is 0.478. The molecule has 1 N–H and O–H groups in total. The molecule has 6 heteroatoms. The number of H-pyrrole nitrogens is 1. The summed E-state index contributed by atoms with van der Waals surface area (Å²) in [5.74, 6) is -1.43. The highest BCUT2D eigenvalue weighted by Gasteiger charge is 2.60. The molecule has 1 saturated heterocycles. The Balaban J connectivity index is 2.01. The van der Waals surface area contributed by atoms with Crippen molar-refractivity contribution in [3.8, 4) is 0 Å². The lowest BCUT2D eigenvalue weighted by Gasteiger charge is -2.44. The van der Waals surface area contributed by atoms with Gasteiger partial charge < -0.3 is 14.6 Å². The van der Waals surface area contributed by atoms with Crippen LogP contribution in [0.15, 0.2) is 35.9 Å². The van der Waals surface area contributed by atoms with Crippen LogP contribution in [0.2, 0.25) is 0 Å². The number of esters is 1. The molecule has 0 radical (unpaired) electrons. The van der Waals surface area contributed by atoms with Gasteiger partial charge in [-0.2, -0.15) is 0 Å². The Labute approximate surface area is 157 Å². The van der Waals surface area contributed by atoms with E-state index in [-0.39, 0.29) is 24.5 Å². The number of hydrogen-bond acceptors (Lipinski definition) is 4. The number of methoxy groups -OCH3 is 1. The Morgan fingerprint density at radius 1 is 1.33 bits per heavy atom. The van der Waals surface area contributed by atoms with Gasteiger partial charge in [0.25, 0.3) is 0 Å². The van der Waals surface area contributed by atoms with Crippen LogP contribution in [0.3, 0.4) is 0 Å². The maximum atomic E-state index is 13.3. The van der Waals surface area contributed by atoms with E-state index in [9.17, 15) is 14.4 Å². The number of Topliss-reactive ketones (excluding diaryl/α,β-unsaturated/α-hetero) is 1. The number of carbonyl (C=O) groups excluding carboxylic acids is 3. The number of fused-ring (bicyclic) bond motifs is 4. The monoisotopic (exact) mass is 366 g/mol. The summed E-state index contributed by atoms with van der Waals surface area (Å²) in [6.45, 7) is 2.30. The molecule has 6 nitrogen and oxygen atoms in total. The van der Waals surface area contributed by atoms with Crippen LogP contribution in [-0.4, -0.2) is 48.2 Å². The summed E-state index contributed by atoms with van der Waals surface area (Å²) in [4.78, 5) is 44.3. The highest BCUT2D eigenvalue weighted by Crippen LogP contribution is 2.49. The average Bonchev–Trinajstić information content (AvgIpc) is 2.98. The predicted molar refractivity (Wildman–Crippen MR) is 100 cm³/mol. The number of nitrogens with one attached hydrogen (secondary N) is 1. The van der Waals surface area contributed by atoms with E-state index >= 15 is 0 Å². The van der Waals surface area contributed by atoms with Crippen LogP contribution in [0.25, 0.3) is 10.9 Å². The Morgan fingerprint density at radius 3 is 2.78 bits per heavy atom. The molecule has 4 rings (SSSR count). The lowest BCUT2D eigenvalue weighted by atomic mass is 9.64. The van der Waals surface area contributed by atoms with Crippen LogP contribution in [0.1, 0.15) is 29.4 Å². The van der Waals surface area contributed by atoms with Crippen LogP contribution < -0.4 is 0 Å². The minimum Gasteiger partial charge on any atom is -0.468 e. The first-order chi connectivity index (χ1) is 12.9. The van der Waals surface area contributed by atoms with Crippen molar-refractivity contribution in [2.75, 3.05) is 20.7 Å². The van der Waals surface area contributed by atoms with Crippen LogP contribution in [-0.2, 0) is 20.7 Å². The molecule has 2 heterocycles. The van der Waals surface area contributed by atoms with Gasteiger partial charge in [-0.25, -0.2) is 0 Å². The molecule has 0 spiro atoms. The second-order valence-corrected chi connectivity index (χ2v) is 7.37. The average molecular weight is 366 g/mol. The molecule has 27 heavy (non-hydrogen) atoms. The number of ketones is 1. The van der Waals surface area contributed by atoms with E-state index in [4.69, 9.17) is 4.74 Å². The molecule has 140 valence electrons. The van der Waals surface area contributed by atoms with E-state index in [1.54, 1.807) is 11.9 Å². The maximum absolute atomic E-state index is 13.3. The molecule has 0 saturated carbocycles. The van der Waals surface area contributed by atoms with Crippen molar-refractivity contribution in [2.24, 2.45) is 11.3 Å². The first-order valence-corrected chi connectivity index (χ1v) is 9.05. The highest BCUT2D eigenvalue weighted by molar-refractivity contribution is 6.10. The van der Waals surface area contributed by atoms with Gasteiger partial charge in [0.2, 0.25) is 5.91 Å². The van der Waals surface area contributed by atoms with Crippen LogP contribution >= 0.6 is 0 Å². The summed E-state index contributed by atoms with van der Waals surface area (Å²) in [6.07, 6.45) is 2.17. The third-order valence-electron chi connectivity index (χ3n) is 6.05. The summed E-state index contributed by atoms with van der Waals surface area (Å²) in [6, 6.07) is 7.59. The van der Waals surface area contributed by atoms with E-state index in [0.717, 1.165) is 22.0 Å². The van der Waals surface area contributed by atoms with Gasteiger partial charge in [0.1, 0.15) is 0 Å². The molecule has 2 aromatic rings. The molecule has 1 aliphatic carbocycles. The molecule has 2 aliphatic rings. The van der Waals surface area contributed by atoms with Crippen molar-refractivity contribution < 1.29 is 19.1 Å². The zero-order chi connectivity index (χ0) is 19.3. The molecule has 1 fully saturated rings. The number of amides is 1. The van der Waals surface area contributed by atoms with Gasteiger partial charge in [-0.3, -0.25) is 14.4 Å². The van der Waals surface area contributed by atoms with E-state index in [0.29, 0.717) is 12.2 Å². The zero-order valence-corrected chi connectivity index (χ0v) is 15.7. The molecule has 1 amide bonds. The van der Waals surface area contributed by atoms with Gasteiger partial charge in [0, 0.05) is 43.3 Å². The summed E-state index contributed by atoms with van der Waals surface area (Å²) in [7, 11) is 2.99.